The molecular weight excluding hydrogens is 180 g/mol. The lowest BCUT2D eigenvalue weighted by Gasteiger charge is -2.29. The Labute approximate surface area is 85.8 Å². The predicted octanol–water partition coefficient (Wildman–Crippen LogP) is 2.29. The van der Waals surface area contributed by atoms with Crippen molar-refractivity contribution in [3.05, 3.63) is 0 Å². The van der Waals surface area contributed by atoms with Crippen LogP contribution < -0.4 is 0 Å². The summed E-state index contributed by atoms with van der Waals surface area (Å²) in [6.07, 6.45) is 5.77. The summed E-state index contributed by atoms with van der Waals surface area (Å²) in [6.45, 7) is 1.98. The Morgan fingerprint density at radius 2 is 1.93 bits per heavy atom. The Morgan fingerprint density at radius 3 is 2.50 bits per heavy atom. The highest BCUT2D eigenvalue weighted by Gasteiger charge is 2.27. The SMILES string of the molecule is CCCC(=O)O[C@@H]1CCCC[C@H]1OC. The van der Waals surface area contributed by atoms with Crippen molar-refractivity contribution in [2.24, 2.45) is 0 Å². The normalized spacial score (nSPS) is 27.3. The van der Waals surface area contributed by atoms with Gasteiger partial charge in [-0.1, -0.05) is 13.3 Å². The highest BCUT2D eigenvalue weighted by molar-refractivity contribution is 5.69. The van der Waals surface area contributed by atoms with Gasteiger partial charge in [0.25, 0.3) is 0 Å². The van der Waals surface area contributed by atoms with Gasteiger partial charge in [-0.3, -0.25) is 4.79 Å². The number of rotatable bonds is 4. The van der Waals surface area contributed by atoms with Crippen LogP contribution in [0.25, 0.3) is 0 Å². The van der Waals surface area contributed by atoms with Crippen LogP contribution in [0.4, 0.5) is 0 Å². The first kappa shape index (κ1) is 11.5. The van der Waals surface area contributed by atoms with Gasteiger partial charge in [0.1, 0.15) is 6.10 Å². The van der Waals surface area contributed by atoms with E-state index < -0.39 is 0 Å². The first-order chi connectivity index (χ1) is 6.77. The van der Waals surface area contributed by atoms with Gasteiger partial charge in [-0.05, 0) is 25.7 Å². The number of esters is 1. The summed E-state index contributed by atoms with van der Waals surface area (Å²) in [5.41, 5.74) is 0. The van der Waals surface area contributed by atoms with E-state index in [1.165, 1.54) is 6.42 Å². The molecule has 0 aliphatic heterocycles. The minimum atomic E-state index is -0.0820. The zero-order valence-electron chi connectivity index (χ0n) is 9.12. The molecule has 0 aromatic carbocycles. The molecule has 1 aliphatic rings. The second-order valence-electron chi connectivity index (χ2n) is 3.84. The first-order valence-electron chi connectivity index (χ1n) is 5.50. The van der Waals surface area contributed by atoms with Crippen molar-refractivity contribution in [1.82, 2.24) is 0 Å². The van der Waals surface area contributed by atoms with Crippen molar-refractivity contribution in [2.45, 2.75) is 57.7 Å². The van der Waals surface area contributed by atoms with E-state index in [1.807, 2.05) is 6.92 Å². The molecule has 82 valence electrons. The zero-order valence-corrected chi connectivity index (χ0v) is 9.12. The maximum absolute atomic E-state index is 11.3. The molecule has 1 rings (SSSR count). The fraction of sp³-hybridized carbons (Fsp3) is 0.909. The van der Waals surface area contributed by atoms with Gasteiger partial charge >= 0.3 is 5.97 Å². The highest BCUT2D eigenvalue weighted by Crippen LogP contribution is 2.23. The van der Waals surface area contributed by atoms with Gasteiger partial charge in [0, 0.05) is 13.5 Å². The molecule has 1 aliphatic carbocycles. The van der Waals surface area contributed by atoms with Crippen LogP contribution in [-0.4, -0.2) is 25.3 Å². The molecule has 0 amide bonds. The maximum Gasteiger partial charge on any atom is 0.306 e. The van der Waals surface area contributed by atoms with Gasteiger partial charge in [0.15, 0.2) is 0 Å². The van der Waals surface area contributed by atoms with Crippen molar-refractivity contribution >= 4 is 5.97 Å². The fourth-order valence-electron chi connectivity index (χ4n) is 1.90. The molecular formula is C11H20O3. The van der Waals surface area contributed by atoms with Crippen LogP contribution in [0.15, 0.2) is 0 Å². The molecule has 0 heterocycles. The number of carbonyl (C=O) groups excluding carboxylic acids is 1. The standard InChI is InChI=1S/C11H20O3/c1-3-6-11(12)14-10-8-5-4-7-9(10)13-2/h9-10H,3-8H2,1-2H3/t9-,10-/m1/s1. The first-order valence-corrected chi connectivity index (χ1v) is 5.50. The van der Waals surface area contributed by atoms with Crippen molar-refractivity contribution in [1.29, 1.82) is 0 Å². The van der Waals surface area contributed by atoms with Gasteiger partial charge in [0.05, 0.1) is 6.10 Å². The zero-order chi connectivity index (χ0) is 10.4. The number of hydrogen-bond acceptors (Lipinski definition) is 3. The van der Waals surface area contributed by atoms with E-state index in [4.69, 9.17) is 9.47 Å². The molecule has 0 saturated heterocycles. The van der Waals surface area contributed by atoms with Crippen molar-refractivity contribution in [3.8, 4) is 0 Å². The molecule has 0 unspecified atom stereocenters. The lowest BCUT2D eigenvalue weighted by atomic mass is 9.94. The van der Waals surface area contributed by atoms with E-state index in [2.05, 4.69) is 0 Å². The van der Waals surface area contributed by atoms with Crippen LogP contribution in [-0.2, 0) is 14.3 Å². The molecule has 0 spiro atoms. The number of carbonyl (C=O) groups is 1. The highest BCUT2D eigenvalue weighted by atomic mass is 16.6. The van der Waals surface area contributed by atoms with Crippen LogP contribution >= 0.6 is 0 Å². The quantitative estimate of drug-likeness (QED) is 0.653. The minimum Gasteiger partial charge on any atom is -0.460 e. The molecule has 2 atom stereocenters. The fourth-order valence-corrected chi connectivity index (χ4v) is 1.90. The summed E-state index contributed by atoms with van der Waals surface area (Å²) < 4.78 is 10.7. The van der Waals surface area contributed by atoms with Crippen molar-refractivity contribution < 1.29 is 14.3 Å². The van der Waals surface area contributed by atoms with Crippen molar-refractivity contribution in [2.75, 3.05) is 7.11 Å². The van der Waals surface area contributed by atoms with E-state index in [1.54, 1.807) is 7.11 Å². The Kier molecular flexibility index (Phi) is 4.94. The smallest absolute Gasteiger partial charge is 0.306 e. The van der Waals surface area contributed by atoms with Crippen LogP contribution in [0, 0.1) is 0 Å². The summed E-state index contributed by atoms with van der Waals surface area (Å²) >= 11 is 0. The largest absolute Gasteiger partial charge is 0.460 e. The molecule has 1 saturated carbocycles. The van der Waals surface area contributed by atoms with Crippen LogP contribution in [0.1, 0.15) is 45.4 Å². The van der Waals surface area contributed by atoms with E-state index in [0.29, 0.717) is 6.42 Å². The summed E-state index contributed by atoms with van der Waals surface area (Å²) in [5.74, 6) is -0.0820. The predicted molar refractivity (Wildman–Crippen MR) is 54.1 cm³/mol. The Bertz CT molecular complexity index is 179. The summed E-state index contributed by atoms with van der Waals surface area (Å²) in [6, 6.07) is 0. The molecule has 0 bridgehead atoms. The number of hydrogen-bond donors (Lipinski definition) is 0. The Morgan fingerprint density at radius 1 is 1.29 bits per heavy atom. The van der Waals surface area contributed by atoms with Crippen LogP contribution in [0.5, 0.6) is 0 Å². The second-order valence-corrected chi connectivity index (χ2v) is 3.84. The number of methoxy groups -OCH3 is 1. The summed E-state index contributed by atoms with van der Waals surface area (Å²) in [7, 11) is 1.69. The van der Waals surface area contributed by atoms with E-state index >= 15 is 0 Å². The third-order valence-electron chi connectivity index (χ3n) is 2.68. The molecule has 0 radical (unpaired) electrons. The third kappa shape index (κ3) is 3.29. The molecule has 3 nitrogen and oxygen atoms in total. The van der Waals surface area contributed by atoms with Crippen molar-refractivity contribution in [3.63, 3.8) is 0 Å². The van der Waals surface area contributed by atoms with E-state index in [0.717, 1.165) is 25.7 Å². The molecule has 1 fully saturated rings. The van der Waals surface area contributed by atoms with Crippen LogP contribution in [0.3, 0.4) is 0 Å². The Balaban J connectivity index is 2.36. The minimum absolute atomic E-state index is 0.00667. The average molecular weight is 200 g/mol. The molecule has 0 aromatic rings. The third-order valence-corrected chi connectivity index (χ3v) is 2.68. The Hall–Kier alpha value is -0.570. The lowest BCUT2D eigenvalue weighted by molar-refractivity contribution is -0.159. The number of ether oxygens (including phenoxy) is 2. The van der Waals surface area contributed by atoms with Crippen LogP contribution in [0.2, 0.25) is 0 Å². The van der Waals surface area contributed by atoms with E-state index in [9.17, 15) is 4.79 Å². The monoisotopic (exact) mass is 200 g/mol. The molecule has 14 heavy (non-hydrogen) atoms. The average Bonchev–Trinajstić information content (AvgIpc) is 2.19. The molecule has 0 aromatic heterocycles. The molecule has 0 N–H and O–H groups in total. The lowest BCUT2D eigenvalue weighted by Crippen LogP contribution is -2.35. The summed E-state index contributed by atoms with van der Waals surface area (Å²) in [5, 5.41) is 0. The second kappa shape index (κ2) is 6.02. The molecule has 3 heteroatoms. The maximum atomic E-state index is 11.3. The topological polar surface area (TPSA) is 35.5 Å². The summed E-state index contributed by atoms with van der Waals surface area (Å²) in [4.78, 5) is 11.3. The van der Waals surface area contributed by atoms with Gasteiger partial charge in [-0.2, -0.15) is 0 Å². The van der Waals surface area contributed by atoms with Gasteiger partial charge < -0.3 is 9.47 Å². The van der Waals surface area contributed by atoms with Gasteiger partial charge in [-0.15, -0.1) is 0 Å². The van der Waals surface area contributed by atoms with Gasteiger partial charge in [0.2, 0.25) is 0 Å². The van der Waals surface area contributed by atoms with E-state index in [-0.39, 0.29) is 18.2 Å². The van der Waals surface area contributed by atoms with Gasteiger partial charge in [-0.25, -0.2) is 0 Å².